The van der Waals surface area contributed by atoms with Gasteiger partial charge in [0, 0.05) is 33.7 Å². The smallest absolute Gasteiger partial charge is 0.293 e. The topological polar surface area (TPSA) is 84.5 Å². The van der Waals surface area contributed by atoms with Crippen molar-refractivity contribution < 1.29 is 18.8 Å². The summed E-state index contributed by atoms with van der Waals surface area (Å²) >= 11 is 4.45. The van der Waals surface area contributed by atoms with Gasteiger partial charge >= 0.3 is 0 Å². The molecule has 0 bridgehead atoms. The molecule has 182 valence electrons. The Balaban J connectivity index is 1.36. The third kappa shape index (κ3) is 5.32. The number of hydrogen-bond donors (Lipinski definition) is 1. The summed E-state index contributed by atoms with van der Waals surface area (Å²) in [5, 5.41) is 3.45. The highest BCUT2D eigenvalue weighted by Gasteiger charge is 2.34. The summed E-state index contributed by atoms with van der Waals surface area (Å²) in [4.78, 5) is 39.9. The van der Waals surface area contributed by atoms with E-state index < -0.39 is 0 Å². The van der Waals surface area contributed by atoms with Crippen molar-refractivity contribution in [2.45, 2.75) is 19.5 Å². The molecule has 9 heteroatoms. The highest BCUT2D eigenvalue weighted by atomic mass is 79.9. The summed E-state index contributed by atoms with van der Waals surface area (Å²) in [7, 11) is 0. The summed E-state index contributed by atoms with van der Waals surface area (Å²) in [6.07, 6.45) is 5.74. The highest BCUT2D eigenvalue weighted by Crippen LogP contribution is 2.35. The van der Waals surface area contributed by atoms with Crippen LogP contribution in [-0.4, -0.2) is 33.1 Å². The number of thioether (sulfide) groups is 1. The van der Waals surface area contributed by atoms with Gasteiger partial charge in [-0.05, 0) is 60.2 Å². The molecule has 4 aromatic rings. The van der Waals surface area contributed by atoms with Gasteiger partial charge in [-0.2, -0.15) is 0 Å². The lowest BCUT2D eigenvalue weighted by molar-refractivity contribution is -0.123. The zero-order valence-corrected chi connectivity index (χ0v) is 21.6. The number of nitrogens with one attached hydrogen (secondary N) is 1. The first-order valence-corrected chi connectivity index (χ1v) is 13.0. The maximum Gasteiger partial charge on any atom is 0.293 e. The van der Waals surface area contributed by atoms with Gasteiger partial charge in [0.15, 0.2) is 0 Å². The van der Waals surface area contributed by atoms with Gasteiger partial charge in [0.2, 0.25) is 5.91 Å². The number of benzene rings is 2. The minimum absolute atomic E-state index is 0.102. The standard InChI is InChI=1S/C27H22BrN3O4S/c28-20-8-9-23-22(14-20)19(16-30(23)17-25(32)29-15-21-7-4-12-35-21)13-24-26(33)31(27(34)36-24)11-10-18-5-2-1-3-6-18/h1-9,12-14,16H,10-11,15,17H2,(H,29,32)/b24-13-. The van der Waals surface area contributed by atoms with Gasteiger partial charge in [0.05, 0.1) is 17.7 Å². The van der Waals surface area contributed by atoms with E-state index in [0.717, 1.165) is 38.3 Å². The van der Waals surface area contributed by atoms with Gasteiger partial charge in [-0.25, -0.2) is 0 Å². The molecule has 1 fully saturated rings. The molecule has 0 atom stereocenters. The van der Waals surface area contributed by atoms with Crippen LogP contribution in [0, 0.1) is 0 Å². The molecule has 0 spiro atoms. The molecule has 3 heterocycles. The molecule has 0 radical (unpaired) electrons. The molecule has 1 N–H and O–H groups in total. The number of carbonyl (C=O) groups excluding carboxylic acids is 3. The van der Waals surface area contributed by atoms with Gasteiger partial charge in [-0.3, -0.25) is 19.3 Å². The lowest BCUT2D eigenvalue weighted by Gasteiger charge is -2.12. The molecule has 3 amide bonds. The van der Waals surface area contributed by atoms with Crippen LogP contribution >= 0.6 is 27.7 Å². The van der Waals surface area contributed by atoms with Crippen LogP contribution in [0.25, 0.3) is 17.0 Å². The summed E-state index contributed by atoms with van der Waals surface area (Å²) < 4.78 is 7.98. The summed E-state index contributed by atoms with van der Waals surface area (Å²) in [5.74, 6) is 0.209. The lowest BCUT2D eigenvalue weighted by atomic mass is 10.1. The number of hydrogen-bond acceptors (Lipinski definition) is 5. The Kier molecular flexibility index (Phi) is 7.11. The molecule has 7 nitrogen and oxygen atoms in total. The van der Waals surface area contributed by atoms with Crippen molar-refractivity contribution in [2.75, 3.05) is 6.54 Å². The van der Waals surface area contributed by atoms with Gasteiger partial charge < -0.3 is 14.3 Å². The predicted molar refractivity (Wildman–Crippen MR) is 143 cm³/mol. The quantitative estimate of drug-likeness (QED) is 0.282. The number of carbonyl (C=O) groups is 3. The third-order valence-electron chi connectivity index (χ3n) is 5.85. The van der Waals surface area contributed by atoms with E-state index in [-0.39, 0.29) is 23.6 Å². The Morgan fingerprint density at radius 1 is 1.08 bits per heavy atom. The first kappa shape index (κ1) is 24.1. The van der Waals surface area contributed by atoms with E-state index in [4.69, 9.17) is 4.42 Å². The Labute approximate surface area is 220 Å². The number of amides is 3. The normalized spacial score (nSPS) is 14.8. The molecule has 1 saturated heterocycles. The van der Waals surface area contributed by atoms with E-state index in [1.54, 1.807) is 24.5 Å². The second-order valence-electron chi connectivity index (χ2n) is 8.30. The number of fused-ring (bicyclic) bond motifs is 1. The SMILES string of the molecule is O=C(Cn1cc(/C=C2\SC(=O)N(CCc3ccccc3)C2=O)c2cc(Br)ccc21)NCc1ccco1. The largest absolute Gasteiger partial charge is 0.467 e. The molecular formula is C27H22BrN3O4S. The van der Waals surface area contributed by atoms with Gasteiger partial charge in [0.25, 0.3) is 11.1 Å². The van der Waals surface area contributed by atoms with E-state index >= 15 is 0 Å². The van der Waals surface area contributed by atoms with Crippen molar-refractivity contribution in [3.05, 3.63) is 99.4 Å². The summed E-state index contributed by atoms with van der Waals surface area (Å²) in [6, 6.07) is 19.1. The number of nitrogens with zero attached hydrogens (tertiary/aromatic N) is 2. The molecule has 0 unspecified atom stereocenters. The molecule has 1 aliphatic rings. The zero-order valence-electron chi connectivity index (χ0n) is 19.1. The molecule has 0 saturated carbocycles. The van der Waals surface area contributed by atoms with E-state index in [1.807, 2.05) is 59.3 Å². The molecular weight excluding hydrogens is 542 g/mol. The van der Waals surface area contributed by atoms with Crippen LogP contribution in [0.15, 0.2) is 86.9 Å². The first-order chi connectivity index (χ1) is 17.5. The Morgan fingerprint density at radius 3 is 2.69 bits per heavy atom. The fourth-order valence-electron chi connectivity index (χ4n) is 4.07. The van der Waals surface area contributed by atoms with E-state index in [0.29, 0.717) is 30.2 Å². The fraction of sp³-hybridized carbons (Fsp3) is 0.148. The van der Waals surface area contributed by atoms with Crippen molar-refractivity contribution >= 4 is 61.7 Å². The van der Waals surface area contributed by atoms with Crippen LogP contribution in [0.4, 0.5) is 4.79 Å². The maximum absolute atomic E-state index is 13.1. The maximum atomic E-state index is 13.1. The van der Waals surface area contributed by atoms with Crippen molar-refractivity contribution in [3.8, 4) is 0 Å². The summed E-state index contributed by atoms with van der Waals surface area (Å²) in [6.45, 7) is 0.736. The summed E-state index contributed by atoms with van der Waals surface area (Å²) in [5.41, 5.74) is 2.68. The second-order valence-corrected chi connectivity index (χ2v) is 10.2. The minimum Gasteiger partial charge on any atom is -0.467 e. The van der Waals surface area contributed by atoms with Crippen molar-refractivity contribution in [1.29, 1.82) is 0 Å². The van der Waals surface area contributed by atoms with E-state index in [1.165, 1.54) is 4.90 Å². The van der Waals surface area contributed by atoms with Gasteiger partial charge in [0.1, 0.15) is 12.3 Å². The Hall–Kier alpha value is -3.56. The van der Waals surface area contributed by atoms with Crippen LogP contribution in [-0.2, 0) is 29.1 Å². The molecule has 0 aliphatic carbocycles. The van der Waals surface area contributed by atoms with Crippen molar-refractivity contribution in [1.82, 2.24) is 14.8 Å². The zero-order chi connectivity index (χ0) is 25.1. The monoisotopic (exact) mass is 563 g/mol. The number of halogens is 1. The van der Waals surface area contributed by atoms with Crippen molar-refractivity contribution in [2.24, 2.45) is 0 Å². The fourth-order valence-corrected chi connectivity index (χ4v) is 5.29. The van der Waals surface area contributed by atoms with Crippen LogP contribution in [0.3, 0.4) is 0 Å². The molecule has 1 aliphatic heterocycles. The van der Waals surface area contributed by atoms with Crippen LogP contribution in [0.1, 0.15) is 16.9 Å². The van der Waals surface area contributed by atoms with Gasteiger partial charge in [-0.15, -0.1) is 0 Å². The average molecular weight is 564 g/mol. The number of furan rings is 1. The van der Waals surface area contributed by atoms with E-state index in [2.05, 4.69) is 21.2 Å². The van der Waals surface area contributed by atoms with Crippen LogP contribution in [0.2, 0.25) is 0 Å². The van der Waals surface area contributed by atoms with Crippen LogP contribution in [0.5, 0.6) is 0 Å². The molecule has 2 aromatic heterocycles. The second kappa shape index (κ2) is 10.6. The van der Waals surface area contributed by atoms with Crippen molar-refractivity contribution in [3.63, 3.8) is 0 Å². The minimum atomic E-state index is -0.298. The first-order valence-electron chi connectivity index (χ1n) is 11.3. The Bertz CT molecular complexity index is 1460. The number of imide groups is 1. The number of aromatic nitrogens is 1. The molecule has 5 rings (SSSR count). The average Bonchev–Trinajstić information content (AvgIpc) is 3.57. The molecule has 36 heavy (non-hydrogen) atoms. The number of rotatable bonds is 8. The van der Waals surface area contributed by atoms with Crippen LogP contribution < -0.4 is 5.32 Å². The molecule has 2 aromatic carbocycles. The Morgan fingerprint density at radius 2 is 1.92 bits per heavy atom. The lowest BCUT2D eigenvalue weighted by Crippen LogP contribution is -2.30. The van der Waals surface area contributed by atoms with Gasteiger partial charge in [-0.1, -0.05) is 46.3 Å². The third-order valence-corrected chi connectivity index (χ3v) is 7.26. The predicted octanol–water partition coefficient (Wildman–Crippen LogP) is 5.59. The highest BCUT2D eigenvalue weighted by molar-refractivity contribution is 9.10. The van der Waals surface area contributed by atoms with E-state index in [9.17, 15) is 14.4 Å².